The summed E-state index contributed by atoms with van der Waals surface area (Å²) >= 11 is 0. The van der Waals surface area contributed by atoms with E-state index in [9.17, 15) is 23.1 Å². The van der Waals surface area contributed by atoms with Gasteiger partial charge in [-0.3, -0.25) is 14.6 Å². The van der Waals surface area contributed by atoms with Gasteiger partial charge in [-0.2, -0.15) is 0 Å². The Hall–Kier alpha value is -4.50. The summed E-state index contributed by atoms with van der Waals surface area (Å²) in [6, 6.07) is 20.4. The van der Waals surface area contributed by atoms with Gasteiger partial charge in [0.2, 0.25) is 9.84 Å². The molecule has 0 saturated heterocycles. The number of nitrogens with one attached hydrogen (secondary N) is 2. The van der Waals surface area contributed by atoms with Crippen LogP contribution in [0.3, 0.4) is 0 Å². The van der Waals surface area contributed by atoms with Crippen LogP contribution in [0.1, 0.15) is 26.3 Å². The molecule has 2 heterocycles. The average molecular weight is 486 g/mol. The lowest BCUT2D eigenvalue weighted by molar-refractivity contribution is 0.0949. The predicted molar refractivity (Wildman–Crippen MR) is 129 cm³/mol. The zero-order chi connectivity index (χ0) is 24.6. The minimum Gasteiger partial charge on any atom is -0.508 e. The van der Waals surface area contributed by atoms with Gasteiger partial charge in [0.15, 0.2) is 0 Å². The van der Waals surface area contributed by atoms with E-state index in [4.69, 9.17) is 0 Å². The number of pyridine rings is 1. The van der Waals surface area contributed by atoms with Crippen molar-refractivity contribution >= 4 is 27.3 Å². The number of hydrogen-bond acceptors (Lipinski definition) is 6. The van der Waals surface area contributed by atoms with Crippen molar-refractivity contribution in [1.29, 1.82) is 0 Å². The lowest BCUT2D eigenvalue weighted by Crippen LogP contribution is -2.23. The van der Waals surface area contributed by atoms with Crippen molar-refractivity contribution in [3.05, 3.63) is 102 Å². The van der Waals surface area contributed by atoms with Crippen molar-refractivity contribution in [3.8, 4) is 17.0 Å². The Kier molecular flexibility index (Phi) is 5.54. The molecule has 1 aliphatic heterocycles. The first-order valence-electron chi connectivity index (χ1n) is 10.6. The van der Waals surface area contributed by atoms with Gasteiger partial charge in [0, 0.05) is 23.9 Å². The molecule has 4 aromatic rings. The maximum atomic E-state index is 13.1. The summed E-state index contributed by atoms with van der Waals surface area (Å²) < 4.78 is 26.2. The molecular weight excluding hydrogens is 466 g/mol. The SMILES string of the molecule is O=C(NCc1ccc(-c2ccc(O)cc2)nc1)c1ccc2c(c1)NC(=O)c1ccccc1S2(=O)=O. The van der Waals surface area contributed by atoms with Crippen molar-refractivity contribution in [2.45, 2.75) is 16.3 Å². The maximum absolute atomic E-state index is 13.1. The molecule has 0 aliphatic carbocycles. The van der Waals surface area contributed by atoms with Crippen molar-refractivity contribution in [1.82, 2.24) is 10.3 Å². The van der Waals surface area contributed by atoms with Crippen molar-refractivity contribution in [3.63, 3.8) is 0 Å². The Morgan fingerprint density at radius 3 is 2.46 bits per heavy atom. The maximum Gasteiger partial charge on any atom is 0.257 e. The third-order valence-electron chi connectivity index (χ3n) is 5.64. The van der Waals surface area contributed by atoms with E-state index >= 15 is 0 Å². The van der Waals surface area contributed by atoms with Crippen LogP contribution in [0.4, 0.5) is 5.69 Å². The monoisotopic (exact) mass is 485 g/mol. The molecule has 0 fully saturated rings. The molecule has 3 aromatic carbocycles. The van der Waals surface area contributed by atoms with Crippen LogP contribution in [-0.2, 0) is 16.4 Å². The summed E-state index contributed by atoms with van der Waals surface area (Å²) in [5.41, 5.74) is 2.66. The van der Waals surface area contributed by atoms with E-state index < -0.39 is 21.7 Å². The quantitative estimate of drug-likeness (QED) is 0.404. The third-order valence-corrected chi connectivity index (χ3v) is 7.51. The molecule has 1 aromatic heterocycles. The zero-order valence-electron chi connectivity index (χ0n) is 18.2. The smallest absolute Gasteiger partial charge is 0.257 e. The number of nitrogens with zero attached hydrogens (tertiary/aromatic N) is 1. The van der Waals surface area contributed by atoms with E-state index in [-0.39, 0.29) is 38.9 Å². The second-order valence-electron chi connectivity index (χ2n) is 7.95. The van der Waals surface area contributed by atoms with Crippen LogP contribution in [0, 0.1) is 0 Å². The van der Waals surface area contributed by atoms with E-state index in [2.05, 4.69) is 15.6 Å². The molecule has 0 atom stereocenters. The number of aromatic nitrogens is 1. The number of carbonyl (C=O) groups is 2. The first kappa shape index (κ1) is 22.3. The number of phenols is 1. The second-order valence-corrected chi connectivity index (χ2v) is 9.83. The van der Waals surface area contributed by atoms with Gasteiger partial charge in [-0.25, -0.2) is 8.42 Å². The number of aromatic hydroxyl groups is 1. The van der Waals surface area contributed by atoms with Crippen molar-refractivity contribution < 1.29 is 23.1 Å². The highest BCUT2D eigenvalue weighted by atomic mass is 32.2. The van der Waals surface area contributed by atoms with E-state index in [1.165, 1.54) is 30.3 Å². The predicted octanol–water partition coefficient (Wildman–Crippen LogP) is 3.78. The second kappa shape index (κ2) is 8.69. The number of hydrogen-bond donors (Lipinski definition) is 3. The van der Waals surface area contributed by atoms with Gasteiger partial charge in [-0.15, -0.1) is 0 Å². The van der Waals surface area contributed by atoms with Crippen LogP contribution >= 0.6 is 0 Å². The normalized spacial score (nSPS) is 13.7. The van der Waals surface area contributed by atoms with E-state index in [0.29, 0.717) is 0 Å². The molecule has 0 unspecified atom stereocenters. The molecule has 3 N–H and O–H groups in total. The number of anilines is 1. The van der Waals surface area contributed by atoms with E-state index in [1.807, 2.05) is 12.1 Å². The highest BCUT2D eigenvalue weighted by Gasteiger charge is 2.31. The highest BCUT2D eigenvalue weighted by Crippen LogP contribution is 2.34. The molecule has 5 rings (SSSR count). The minimum atomic E-state index is -3.94. The average Bonchev–Trinajstić information content (AvgIpc) is 2.95. The van der Waals surface area contributed by atoms with Crippen molar-refractivity contribution in [2.24, 2.45) is 0 Å². The summed E-state index contributed by atoms with van der Waals surface area (Å²) in [4.78, 5) is 29.6. The van der Waals surface area contributed by atoms with Gasteiger partial charge >= 0.3 is 0 Å². The standard InChI is InChI=1S/C26H19N3O5S/c30-19-9-6-17(7-10-19)21-11-5-16(14-27-21)15-28-25(31)18-8-12-24-22(13-18)29-26(32)20-3-1-2-4-23(20)35(24,33)34/h1-14,30H,15H2,(H,28,31)(H,29,32). The third kappa shape index (κ3) is 4.24. The summed E-state index contributed by atoms with van der Waals surface area (Å²) in [6.45, 7) is 0.203. The van der Waals surface area contributed by atoms with Crippen LogP contribution in [0.2, 0.25) is 0 Å². The van der Waals surface area contributed by atoms with Gasteiger partial charge in [0.1, 0.15) is 5.75 Å². The molecule has 174 valence electrons. The first-order valence-corrected chi connectivity index (χ1v) is 12.1. The fraction of sp³-hybridized carbons (Fsp3) is 0.0385. The fourth-order valence-corrected chi connectivity index (χ4v) is 5.41. The van der Waals surface area contributed by atoms with E-state index in [1.54, 1.807) is 42.6 Å². The van der Waals surface area contributed by atoms with Gasteiger partial charge in [-0.05, 0) is 66.2 Å². The Labute approximate surface area is 201 Å². The molecule has 0 saturated carbocycles. The fourth-order valence-electron chi connectivity index (χ4n) is 3.82. The topological polar surface area (TPSA) is 125 Å². The molecule has 1 aliphatic rings. The largest absolute Gasteiger partial charge is 0.508 e. The van der Waals surface area contributed by atoms with Crippen LogP contribution < -0.4 is 10.6 Å². The van der Waals surface area contributed by atoms with Crippen LogP contribution in [0.15, 0.2) is 94.9 Å². The summed E-state index contributed by atoms with van der Waals surface area (Å²) in [6.07, 6.45) is 1.64. The Morgan fingerprint density at radius 2 is 1.71 bits per heavy atom. The minimum absolute atomic E-state index is 0.0537. The van der Waals surface area contributed by atoms with Crippen molar-refractivity contribution in [2.75, 3.05) is 5.32 Å². The van der Waals surface area contributed by atoms with Crippen LogP contribution in [-0.4, -0.2) is 30.3 Å². The molecule has 9 heteroatoms. The number of sulfone groups is 1. The molecule has 0 radical (unpaired) electrons. The lowest BCUT2D eigenvalue weighted by Gasteiger charge is -2.10. The Morgan fingerprint density at radius 1 is 0.943 bits per heavy atom. The molecule has 2 amide bonds. The van der Waals surface area contributed by atoms with Gasteiger partial charge in [-0.1, -0.05) is 18.2 Å². The summed E-state index contributed by atoms with van der Waals surface area (Å²) in [7, 11) is -3.94. The number of phenolic OH excluding ortho intramolecular Hbond substituents is 1. The molecular formula is C26H19N3O5S. The first-order chi connectivity index (χ1) is 16.8. The van der Waals surface area contributed by atoms with Crippen LogP contribution in [0.5, 0.6) is 5.75 Å². The number of rotatable bonds is 4. The Balaban J connectivity index is 1.33. The molecule has 35 heavy (non-hydrogen) atoms. The van der Waals surface area contributed by atoms with Gasteiger partial charge < -0.3 is 15.7 Å². The molecule has 8 nitrogen and oxygen atoms in total. The summed E-state index contributed by atoms with van der Waals surface area (Å²) in [5, 5.41) is 14.8. The van der Waals surface area contributed by atoms with Gasteiger partial charge in [0.05, 0.1) is 26.7 Å². The number of amides is 2. The number of benzene rings is 3. The lowest BCUT2D eigenvalue weighted by atomic mass is 10.1. The van der Waals surface area contributed by atoms with Gasteiger partial charge in [0.25, 0.3) is 11.8 Å². The highest BCUT2D eigenvalue weighted by molar-refractivity contribution is 7.91. The zero-order valence-corrected chi connectivity index (χ0v) is 19.0. The van der Waals surface area contributed by atoms with E-state index in [0.717, 1.165) is 16.8 Å². The molecule has 0 spiro atoms. The van der Waals surface area contributed by atoms with Crippen LogP contribution in [0.25, 0.3) is 11.3 Å². The molecule has 0 bridgehead atoms. The summed E-state index contributed by atoms with van der Waals surface area (Å²) in [5.74, 6) is -0.809. The number of fused-ring (bicyclic) bond motifs is 2. The number of carbonyl (C=O) groups excluding carboxylic acids is 2. The Bertz CT molecular complexity index is 1560.